The van der Waals surface area contributed by atoms with Gasteiger partial charge in [-0.1, -0.05) is 0 Å². The number of nitrogens with one attached hydrogen (secondary N) is 2. The van der Waals surface area contributed by atoms with Crippen molar-refractivity contribution in [3.05, 3.63) is 0 Å². The summed E-state index contributed by atoms with van der Waals surface area (Å²) >= 11 is 0. The summed E-state index contributed by atoms with van der Waals surface area (Å²) in [5.41, 5.74) is 0. The lowest BCUT2D eigenvalue weighted by molar-refractivity contribution is 0.0615. The van der Waals surface area contributed by atoms with E-state index in [4.69, 9.17) is 9.47 Å². The minimum absolute atomic E-state index is 0.0155. The fourth-order valence-corrected chi connectivity index (χ4v) is 1.56. The van der Waals surface area contributed by atoms with Crippen molar-refractivity contribution in [2.75, 3.05) is 37.4 Å². The second kappa shape index (κ2) is 9.30. The highest BCUT2D eigenvalue weighted by Crippen LogP contribution is 2.12. The molecule has 0 aliphatic carbocycles. The molecule has 1 unspecified atom stereocenters. The van der Waals surface area contributed by atoms with E-state index in [1.54, 1.807) is 7.11 Å². The van der Waals surface area contributed by atoms with E-state index in [9.17, 15) is 5.11 Å². The summed E-state index contributed by atoms with van der Waals surface area (Å²) in [6.45, 7) is 7.32. The molecule has 1 atom stereocenters. The Kier molecular flexibility index (Phi) is 7.70. The summed E-state index contributed by atoms with van der Waals surface area (Å²) in [5, 5.41) is 15.7. The molecule has 0 aliphatic rings. The van der Waals surface area contributed by atoms with E-state index < -0.39 is 6.10 Å². The second-order valence-corrected chi connectivity index (χ2v) is 4.79. The van der Waals surface area contributed by atoms with Gasteiger partial charge >= 0.3 is 6.01 Å². The maximum atomic E-state index is 9.58. The monoisotopic (exact) mass is 299 g/mol. The van der Waals surface area contributed by atoms with Crippen molar-refractivity contribution in [3.63, 3.8) is 0 Å². The summed E-state index contributed by atoms with van der Waals surface area (Å²) in [6, 6.07) is 0.274. The first kappa shape index (κ1) is 17.4. The predicted octanol–water partition coefficient (Wildman–Crippen LogP) is 0.900. The van der Waals surface area contributed by atoms with Crippen molar-refractivity contribution in [2.24, 2.45) is 0 Å². The van der Waals surface area contributed by atoms with Crippen LogP contribution in [0, 0.1) is 0 Å². The van der Waals surface area contributed by atoms with E-state index in [1.807, 2.05) is 20.8 Å². The van der Waals surface area contributed by atoms with Crippen molar-refractivity contribution >= 4 is 11.9 Å². The summed E-state index contributed by atoms with van der Waals surface area (Å²) in [5.74, 6) is 0.879. The Morgan fingerprint density at radius 1 is 1.14 bits per heavy atom. The van der Waals surface area contributed by atoms with Crippen molar-refractivity contribution in [3.8, 4) is 6.01 Å². The molecule has 3 N–H and O–H groups in total. The molecule has 0 fully saturated rings. The van der Waals surface area contributed by atoms with Crippen LogP contribution in [-0.2, 0) is 4.74 Å². The van der Waals surface area contributed by atoms with Crippen LogP contribution in [0.25, 0.3) is 0 Å². The highest BCUT2D eigenvalue weighted by atomic mass is 16.5. The van der Waals surface area contributed by atoms with Gasteiger partial charge in [0.05, 0.1) is 18.8 Å². The number of methoxy groups -OCH3 is 1. The SMILES string of the molecule is CCNc1nc(NCCC(O)COC)nc(OC(C)C)n1. The number of hydrogen-bond donors (Lipinski definition) is 3. The summed E-state index contributed by atoms with van der Waals surface area (Å²) in [7, 11) is 1.56. The lowest BCUT2D eigenvalue weighted by atomic mass is 10.3. The smallest absolute Gasteiger partial charge is 0.323 e. The number of aliphatic hydroxyl groups excluding tert-OH is 1. The molecule has 0 radical (unpaired) electrons. The number of aromatic nitrogens is 3. The molecule has 0 bridgehead atoms. The average Bonchev–Trinajstić information content (AvgIpc) is 2.38. The predicted molar refractivity (Wildman–Crippen MR) is 80.7 cm³/mol. The molecule has 1 aromatic rings. The van der Waals surface area contributed by atoms with Gasteiger partial charge in [0.1, 0.15) is 0 Å². The molecule has 1 heterocycles. The average molecular weight is 299 g/mol. The van der Waals surface area contributed by atoms with Crippen LogP contribution >= 0.6 is 0 Å². The fourth-order valence-electron chi connectivity index (χ4n) is 1.56. The zero-order valence-corrected chi connectivity index (χ0v) is 13.1. The largest absolute Gasteiger partial charge is 0.461 e. The van der Waals surface area contributed by atoms with Crippen LogP contribution in [0.5, 0.6) is 6.01 Å². The van der Waals surface area contributed by atoms with E-state index in [0.717, 1.165) is 0 Å². The lowest BCUT2D eigenvalue weighted by Crippen LogP contribution is -2.19. The summed E-state index contributed by atoms with van der Waals surface area (Å²) in [4.78, 5) is 12.6. The molecule has 1 aromatic heterocycles. The van der Waals surface area contributed by atoms with Gasteiger partial charge in [-0.3, -0.25) is 0 Å². The number of ether oxygens (including phenoxy) is 2. The van der Waals surface area contributed by atoms with Crippen LogP contribution in [0.15, 0.2) is 0 Å². The first-order valence-corrected chi connectivity index (χ1v) is 7.12. The van der Waals surface area contributed by atoms with Gasteiger partial charge in [0, 0.05) is 20.2 Å². The first-order chi connectivity index (χ1) is 10.0. The van der Waals surface area contributed by atoms with E-state index in [-0.39, 0.29) is 12.1 Å². The Balaban J connectivity index is 2.64. The first-order valence-electron chi connectivity index (χ1n) is 7.12. The Morgan fingerprint density at radius 3 is 2.38 bits per heavy atom. The number of nitrogens with zero attached hydrogens (tertiary/aromatic N) is 3. The third-order valence-electron chi connectivity index (χ3n) is 2.41. The van der Waals surface area contributed by atoms with Crippen LogP contribution in [0.4, 0.5) is 11.9 Å². The highest BCUT2D eigenvalue weighted by molar-refractivity contribution is 5.35. The van der Waals surface area contributed by atoms with Crippen LogP contribution < -0.4 is 15.4 Å². The Labute approximate surface area is 125 Å². The number of hydrogen-bond acceptors (Lipinski definition) is 8. The minimum atomic E-state index is -0.510. The summed E-state index contributed by atoms with van der Waals surface area (Å²) in [6.07, 6.45) is 0.0124. The standard InChI is InChI=1S/C13H25N5O3/c1-5-14-11-16-12(15-7-6-10(19)8-20-4)18-13(17-11)21-9(2)3/h9-10,19H,5-8H2,1-4H3,(H2,14,15,16,17,18). The number of aliphatic hydroxyl groups is 1. The zero-order valence-electron chi connectivity index (χ0n) is 13.1. The summed E-state index contributed by atoms with van der Waals surface area (Å²) < 4.78 is 10.4. The van der Waals surface area contributed by atoms with Crippen molar-refractivity contribution in [1.29, 1.82) is 0 Å². The normalized spacial score (nSPS) is 12.3. The van der Waals surface area contributed by atoms with E-state index in [0.29, 0.717) is 38.0 Å². The minimum Gasteiger partial charge on any atom is -0.461 e. The van der Waals surface area contributed by atoms with Gasteiger partial charge in [0.15, 0.2) is 0 Å². The lowest BCUT2D eigenvalue weighted by Gasteiger charge is -2.13. The molecule has 0 aromatic carbocycles. The number of rotatable bonds is 10. The maximum Gasteiger partial charge on any atom is 0.323 e. The topological polar surface area (TPSA) is 101 Å². The van der Waals surface area contributed by atoms with Crippen LogP contribution in [0.1, 0.15) is 27.2 Å². The van der Waals surface area contributed by atoms with Crippen molar-refractivity contribution < 1.29 is 14.6 Å². The van der Waals surface area contributed by atoms with Crippen molar-refractivity contribution in [1.82, 2.24) is 15.0 Å². The van der Waals surface area contributed by atoms with E-state index in [1.165, 1.54) is 0 Å². The molecule has 0 spiro atoms. The molecule has 1 rings (SSSR count). The highest BCUT2D eigenvalue weighted by Gasteiger charge is 2.09. The van der Waals surface area contributed by atoms with Gasteiger partial charge in [-0.05, 0) is 27.2 Å². The fraction of sp³-hybridized carbons (Fsp3) is 0.769. The molecule has 8 nitrogen and oxygen atoms in total. The van der Waals surface area contributed by atoms with Crippen molar-refractivity contribution in [2.45, 2.75) is 39.4 Å². The molecule has 8 heteroatoms. The van der Waals surface area contributed by atoms with Gasteiger partial charge in [-0.2, -0.15) is 15.0 Å². The molecular formula is C13H25N5O3. The van der Waals surface area contributed by atoms with Crippen LogP contribution in [0.2, 0.25) is 0 Å². The molecule has 0 saturated carbocycles. The van der Waals surface area contributed by atoms with E-state index in [2.05, 4.69) is 25.6 Å². The van der Waals surface area contributed by atoms with Crippen LogP contribution in [0.3, 0.4) is 0 Å². The zero-order chi connectivity index (χ0) is 15.7. The van der Waals surface area contributed by atoms with Gasteiger partial charge in [-0.15, -0.1) is 0 Å². The second-order valence-electron chi connectivity index (χ2n) is 4.79. The van der Waals surface area contributed by atoms with Crippen LogP contribution in [-0.4, -0.2) is 59.1 Å². The Bertz CT molecular complexity index is 417. The molecule has 120 valence electrons. The van der Waals surface area contributed by atoms with Gasteiger partial charge in [-0.25, -0.2) is 0 Å². The molecule has 0 amide bonds. The molecular weight excluding hydrogens is 274 g/mol. The van der Waals surface area contributed by atoms with Gasteiger partial charge in [0.25, 0.3) is 0 Å². The maximum absolute atomic E-state index is 9.58. The van der Waals surface area contributed by atoms with E-state index >= 15 is 0 Å². The third kappa shape index (κ3) is 7.05. The molecule has 0 aliphatic heterocycles. The number of anilines is 2. The quantitative estimate of drug-likeness (QED) is 0.586. The van der Waals surface area contributed by atoms with Gasteiger partial charge < -0.3 is 25.2 Å². The Morgan fingerprint density at radius 2 is 1.81 bits per heavy atom. The Hall–Kier alpha value is -1.67. The van der Waals surface area contributed by atoms with Gasteiger partial charge in [0.2, 0.25) is 11.9 Å². The third-order valence-corrected chi connectivity index (χ3v) is 2.41. The molecule has 21 heavy (non-hydrogen) atoms. The molecule has 0 saturated heterocycles.